The van der Waals surface area contributed by atoms with E-state index in [1.54, 1.807) is 42.5 Å². The number of sulfonamides is 2. The first-order chi connectivity index (χ1) is 15.1. The van der Waals surface area contributed by atoms with Crippen molar-refractivity contribution in [3.8, 4) is 0 Å². The van der Waals surface area contributed by atoms with Crippen LogP contribution in [0.1, 0.15) is 6.92 Å². The van der Waals surface area contributed by atoms with E-state index in [4.69, 9.17) is 0 Å². The predicted octanol–water partition coefficient (Wildman–Crippen LogP) is 2.68. The van der Waals surface area contributed by atoms with E-state index in [9.17, 15) is 21.6 Å². The summed E-state index contributed by atoms with van der Waals surface area (Å²) in [5.41, 5.74) is 1.00. The number of rotatable bonds is 8. The molecule has 0 radical (unpaired) electrons. The molecule has 3 rings (SSSR count). The summed E-state index contributed by atoms with van der Waals surface area (Å²) in [7, 11) is -7.56. The third kappa shape index (κ3) is 5.62. The summed E-state index contributed by atoms with van der Waals surface area (Å²) in [4.78, 5) is 16.6. The number of carbonyl (C=O) groups excluding carboxylic acids is 1. The average molecular weight is 475 g/mol. The minimum absolute atomic E-state index is 0.00514. The number of nitrogens with zero attached hydrogens (tertiary/aromatic N) is 2. The third-order valence-corrected chi connectivity index (χ3v) is 7.08. The van der Waals surface area contributed by atoms with Crippen LogP contribution in [0.5, 0.6) is 0 Å². The molecule has 0 unspecified atom stereocenters. The average Bonchev–Trinajstić information content (AvgIpc) is 2.74. The minimum atomic E-state index is -3.83. The second-order valence-electron chi connectivity index (χ2n) is 6.93. The van der Waals surface area contributed by atoms with Crippen LogP contribution in [0.15, 0.2) is 84.0 Å². The molecule has 0 fully saturated rings. The van der Waals surface area contributed by atoms with Crippen molar-refractivity contribution < 1.29 is 21.6 Å². The number of para-hydroxylation sites is 1. The van der Waals surface area contributed by atoms with Crippen molar-refractivity contribution >= 4 is 43.0 Å². The Hall–Kier alpha value is -3.44. The molecule has 168 valence electrons. The van der Waals surface area contributed by atoms with Gasteiger partial charge in [0.2, 0.25) is 15.9 Å². The number of benzene rings is 2. The summed E-state index contributed by atoms with van der Waals surface area (Å²) >= 11 is 0. The van der Waals surface area contributed by atoms with Gasteiger partial charge in [0.1, 0.15) is 6.04 Å². The normalized spacial score (nSPS) is 12.6. The first-order valence-corrected chi connectivity index (χ1v) is 12.8. The van der Waals surface area contributed by atoms with E-state index >= 15 is 0 Å². The number of nitrogens with one attached hydrogen (secondary N) is 2. The minimum Gasteiger partial charge on any atom is -0.324 e. The van der Waals surface area contributed by atoms with E-state index in [2.05, 4.69) is 15.0 Å². The first-order valence-electron chi connectivity index (χ1n) is 9.46. The second-order valence-corrected chi connectivity index (χ2v) is 10.5. The zero-order chi connectivity index (χ0) is 23.4. The Morgan fingerprint density at radius 2 is 1.56 bits per heavy atom. The Kier molecular flexibility index (Phi) is 6.80. The van der Waals surface area contributed by atoms with E-state index in [1.807, 2.05) is 0 Å². The van der Waals surface area contributed by atoms with E-state index in [0.717, 1.165) is 10.6 Å². The monoisotopic (exact) mass is 474 g/mol. The Labute approximate surface area is 187 Å². The molecular weight excluding hydrogens is 452 g/mol. The van der Waals surface area contributed by atoms with Crippen LogP contribution in [0.25, 0.3) is 0 Å². The molecule has 11 heteroatoms. The molecular formula is C21H22N4O5S2. The van der Waals surface area contributed by atoms with Crippen molar-refractivity contribution in [1.82, 2.24) is 4.98 Å². The fourth-order valence-electron chi connectivity index (χ4n) is 2.99. The lowest BCUT2D eigenvalue weighted by molar-refractivity contribution is -0.116. The van der Waals surface area contributed by atoms with Gasteiger partial charge in [-0.3, -0.25) is 18.8 Å². The van der Waals surface area contributed by atoms with Crippen LogP contribution in [0, 0.1) is 0 Å². The van der Waals surface area contributed by atoms with Gasteiger partial charge >= 0.3 is 0 Å². The van der Waals surface area contributed by atoms with Crippen molar-refractivity contribution in [3.63, 3.8) is 0 Å². The summed E-state index contributed by atoms with van der Waals surface area (Å²) in [6, 6.07) is 16.0. The summed E-state index contributed by atoms with van der Waals surface area (Å²) in [5, 5.41) is 2.62. The highest BCUT2D eigenvalue weighted by molar-refractivity contribution is 7.92. The zero-order valence-corrected chi connectivity index (χ0v) is 19.0. The van der Waals surface area contributed by atoms with Gasteiger partial charge in [-0.25, -0.2) is 16.8 Å². The highest BCUT2D eigenvalue weighted by Crippen LogP contribution is 2.22. The molecule has 1 heterocycles. The van der Waals surface area contributed by atoms with Crippen molar-refractivity contribution in [2.45, 2.75) is 17.9 Å². The number of carbonyl (C=O) groups is 1. The lowest BCUT2D eigenvalue weighted by Gasteiger charge is -2.28. The fourth-order valence-corrected chi connectivity index (χ4v) is 5.20. The Morgan fingerprint density at radius 1 is 0.906 bits per heavy atom. The second kappa shape index (κ2) is 9.37. The van der Waals surface area contributed by atoms with Gasteiger partial charge in [0.05, 0.1) is 28.7 Å². The van der Waals surface area contributed by atoms with Crippen molar-refractivity contribution in [2.75, 3.05) is 20.6 Å². The van der Waals surface area contributed by atoms with E-state index in [1.165, 1.54) is 43.6 Å². The molecule has 1 atom stereocenters. The molecule has 1 amide bonds. The van der Waals surface area contributed by atoms with E-state index < -0.39 is 32.0 Å². The van der Waals surface area contributed by atoms with Gasteiger partial charge < -0.3 is 5.32 Å². The molecule has 0 aliphatic heterocycles. The molecule has 0 aliphatic rings. The lowest BCUT2D eigenvalue weighted by atomic mass is 10.2. The van der Waals surface area contributed by atoms with Crippen LogP contribution in [0.2, 0.25) is 0 Å². The number of pyridine rings is 1. The van der Waals surface area contributed by atoms with Crippen molar-refractivity contribution in [2.24, 2.45) is 0 Å². The summed E-state index contributed by atoms with van der Waals surface area (Å²) in [6.07, 6.45) is 3.94. The fraction of sp³-hybridized carbons (Fsp3) is 0.143. The summed E-state index contributed by atoms with van der Waals surface area (Å²) < 4.78 is 53.0. The SMILES string of the molecule is C[C@H](C(=O)Nc1ccc(S(=O)(=O)Nc2cccnc2)cc1)N(c1ccccc1)S(C)(=O)=O. The van der Waals surface area contributed by atoms with Crippen LogP contribution < -0.4 is 14.3 Å². The van der Waals surface area contributed by atoms with Crippen LogP contribution in [-0.4, -0.2) is 40.0 Å². The molecule has 32 heavy (non-hydrogen) atoms. The molecule has 0 saturated heterocycles. The maximum absolute atomic E-state index is 12.7. The molecule has 0 bridgehead atoms. The number of anilines is 3. The molecule has 9 nitrogen and oxygen atoms in total. The van der Waals surface area contributed by atoms with Gasteiger partial charge in [-0.05, 0) is 55.5 Å². The number of amides is 1. The summed E-state index contributed by atoms with van der Waals surface area (Å²) in [5.74, 6) is -0.566. The highest BCUT2D eigenvalue weighted by Gasteiger charge is 2.29. The van der Waals surface area contributed by atoms with Crippen LogP contribution in [-0.2, 0) is 24.8 Å². The van der Waals surface area contributed by atoms with Crippen LogP contribution >= 0.6 is 0 Å². The topological polar surface area (TPSA) is 126 Å². The predicted molar refractivity (Wildman–Crippen MR) is 123 cm³/mol. The molecule has 1 aromatic heterocycles. The standard InChI is InChI=1S/C21H22N4O5S2/c1-16(25(31(2,27)28)19-8-4-3-5-9-19)21(26)23-17-10-12-20(13-11-17)32(29,30)24-18-7-6-14-22-15-18/h3-16,24H,1-2H3,(H,23,26)/t16-/m1/s1. The number of hydrogen-bond acceptors (Lipinski definition) is 6. The Morgan fingerprint density at radius 3 is 2.12 bits per heavy atom. The van der Waals surface area contributed by atoms with Gasteiger partial charge in [-0.15, -0.1) is 0 Å². The van der Waals surface area contributed by atoms with E-state index in [-0.39, 0.29) is 4.90 Å². The Bertz CT molecular complexity index is 1280. The number of aromatic nitrogens is 1. The molecule has 0 aliphatic carbocycles. The third-order valence-electron chi connectivity index (χ3n) is 4.45. The highest BCUT2D eigenvalue weighted by atomic mass is 32.2. The maximum Gasteiger partial charge on any atom is 0.261 e. The lowest BCUT2D eigenvalue weighted by Crippen LogP contribution is -2.45. The molecule has 3 aromatic rings. The summed E-state index contributed by atoms with van der Waals surface area (Å²) in [6.45, 7) is 1.47. The van der Waals surface area contributed by atoms with Crippen molar-refractivity contribution in [3.05, 3.63) is 79.1 Å². The van der Waals surface area contributed by atoms with Gasteiger partial charge in [0.15, 0.2) is 0 Å². The van der Waals surface area contributed by atoms with Gasteiger partial charge in [-0.2, -0.15) is 0 Å². The first kappa shape index (κ1) is 23.2. The molecule has 2 N–H and O–H groups in total. The zero-order valence-electron chi connectivity index (χ0n) is 17.3. The quantitative estimate of drug-likeness (QED) is 0.517. The molecule has 0 spiro atoms. The molecule has 0 saturated carbocycles. The van der Waals surface area contributed by atoms with Gasteiger partial charge in [0.25, 0.3) is 10.0 Å². The smallest absolute Gasteiger partial charge is 0.261 e. The van der Waals surface area contributed by atoms with Crippen molar-refractivity contribution in [1.29, 1.82) is 0 Å². The number of hydrogen-bond donors (Lipinski definition) is 2. The van der Waals surface area contributed by atoms with Crippen LogP contribution in [0.4, 0.5) is 17.1 Å². The largest absolute Gasteiger partial charge is 0.324 e. The van der Waals surface area contributed by atoms with Gasteiger partial charge in [-0.1, -0.05) is 18.2 Å². The molecule has 2 aromatic carbocycles. The van der Waals surface area contributed by atoms with E-state index in [0.29, 0.717) is 17.1 Å². The maximum atomic E-state index is 12.7. The van der Waals surface area contributed by atoms with Crippen LogP contribution in [0.3, 0.4) is 0 Å². The Balaban J connectivity index is 1.75. The van der Waals surface area contributed by atoms with Gasteiger partial charge in [0, 0.05) is 11.9 Å².